The number of aliphatic hydroxyl groups excluding tert-OH is 1. The van der Waals surface area contributed by atoms with Crippen LogP contribution in [0.25, 0.3) is 0 Å². The van der Waals surface area contributed by atoms with Gasteiger partial charge in [-0.25, -0.2) is 0 Å². The van der Waals surface area contributed by atoms with Gasteiger partial charge in [0.15, 0.2) is 0 Å². The highest BCUT2D eigenvalue weighted by Gasteiger charge is 2.36. The van der Waals surface area contributed by atoms with Gasteiger partial charge in [0, 0.05) is 16.7 Å². The zero-order valence-electron chi connectivity index (χ0n) is 10.6. The smallest absolute Gasteiger partial charge is 0.0690 e. The molecule has 0 aliphatic carbocycles. The number of hydrogen-bond acceptors (Lipinski definition) is 3. The van der Waals surface area contributed by atoms with E-state index in [-0.39, 0.29) is 12.1 Å². The van der Waals surface area contributed by atoms with Gasteiger partial charge in [-0.2, -0.15) is 0 Å². The Morgan fingerprint density at radius 2 is 2.24 bits per heavy atom. The number of aliphatic hydroxyl groups is 1. The summed E-state index contributed by atoms with van der Waals surface area (Å²) in [4.78, 5) is 1.31. The van der Waals surface area contributed by atoms with Crippen molar-refractivity contribution >= 4 is 11.8 Å². The highest BCUT2D eigenvalue weighted by atomic mass is 32.2. The largest absolute Gasteiger partial charge is 0.394 e. The Kier molecular flexibility index (Phi) is 4.13. The van der Waals surface area contributed by atoms with Crippen molar-refractivity contribution < 1.29 is 5.11 Å². The van der Waals surface area contributed by atoms with Crippen LogP contribution in [-0.4, -0.2) is 23.5 Å². The van der Waals surface area contributed by atoms with Crippen LogP contribution in [0.15, 0.2) is 29.2 Å². The van der Waals surface area contributed by atoms with Gasteiger partial charge in [-0.1, -0.05) is 25.1 Å². The summed E-state index contributed by atoms with van der Waals surface area (Å²) in [6.45, 7) is 4.53. The average Bonchev–Trinajstić information content (AvgIpc) is 2.39. The van der Waals surface area contributed by atoms with Crippen LogP contribution >= 0.6 is 11.8 Å². The van der Waals surface area contributed by atoms with E-state index in [0.717, 1.165) is 18.6 Å². The molecule has 2 N–H and O–H groups in total. The molecule has 1 heterocycles. The lowest BCUT2D eigenvalue weighted by molar-refractivity contribution is 0.140. The Bertz CT molecular complexity index is 382. The lowest BCUT2D eigenvalue weighted by Gasteiger charge is -2.40. The van der Waals surface area contributed by atoms with Crippen LogP contribution in [0, 0.1) is 0 Å². The molecule has 17 heavy (non-hydrogen) atoms. The lowest BCUT2D eigenvalue weighted by atomic mass is 9.86. The minimum absolute atomic E-state index is 0.176. The second-order valence-electron chi connectivity index (χ2n) is 4.79. The third kappa shape index (κ3) is 2.51. The zero-order valence-corrected chi connectivity index (χ0v) is 11.4. The summed E-state index contributed by atoms with van der Waals surface area (Å²) in [5.74, 6) is 1.07. The van der Waals surface area contributed by atoms with Crippen molar-refractivity contribution in [2.45, 2.75) is 43.2 Å². The van der Waals surface area contributed by atoms with Gasteiger partial charge in [-0.05, 0) is 31.4 Å². The van der Waals surface area contributed by atoms with Crippen molar-refractivity contribution in [2.24, 2.45) is 0 Å². The van der Waals surface area contributed by atoms with Gasteiger partial charge in [0.25, 0.3) is 0 Å². The fraction of sp³-hybridized carbons (Fsp3) is 0.571. The molecule has 2 rings (SSSR count). The molecule has 3 heteroatoms. The van der Waals surface area contributed by atoms with Gasteiger partial charge in [-0.3, -0.25) is 0 Å². The molecule has 0 amide bonds. The molecule has 2 nitrogen and oxygen atoms in total. The van der Waals surface area contributed by atoms with E-state index in [9.17, 15) is 5.11 Å². The SMILES string of the molecule is CCC(C)NC1(CO)CCSc2ccccc21. The summed E-state index contributed by atoms with van der Waals surface area (Å²) in [6.07, 6.45) is 2.08. The predicted molar refractivity (Wildman–Crippen MR) is 73.4 cm³/mol. The van der Waals surface area contributed by atoms with E-state index in [4.69, 9.17) is 0 Å². The predicted octanol–water partition coefficient (Wildman–Crippen LogP) is 2.76. The van der Waals surface area contributed by atoms with Crippen LogP contribution in [0.1, 0.15) is 32.3 Å². The Morgan fingerprint density at radius 1 is 1.47 bits per heavy atom. The molecule has 1 aliphatic rings. The molecule has 1 aromatic rings. The summed E-state index contributed by atoms with van der Waals surface area (Å²) in [5.41, 5.74) is 1.02. The maximum atomic E-state index is 9.86. The summed E-state index contributed by atoms with van der Waals surface area (Å²) in [7, 11) is 0. The van der Waals surface area contributed by atoms with Crippen LogP contribution in [0.5, 0.6) is 0 Å². The van der Waals surface area contributed by atoms with Gasteiger partial charge in [0.2, 0.25) is 0 Å². The van der Waals surface area contributed by atoms with Crippen LogP contribution in [0.3, 0.4) is 0 Å². The molecule has 0 saturated heterocycles. The standard InChI is InChI=1S/C14H21NOS/c1-3-11(2)15-14(10-16)8-9-17-13-7-5-4-6-12(13)14/h4-7,11,15-16H,3,8-10H2,1-2H3. The van der Waals surface area contributed by atoms with Gasteiger partial charge in [0.1, 0.15) is 0 Å². The van der Waals surface area contributed by atoms with Crippen LogP contribution in [-0.2, 0) is 5.54 Å². The average molecular weight is 251 g/mol. The molecule has 1 aliphatic heterocycles. The quantitative estimate of drug-likeness (QED) is 0.863. The number of thioether (sulfide) groups is 1. The van der Waals surface area contributed by atoms with Gasteiger partial charge < -0.3 is 10.4 Å². The Hall–Kier alpha value is -0.510. The van der Waals surface area contributed by atoms with Crippen molar-refractivity contribution in [3.63, 3.8) is 0 Å². The van der Waals surface area contributed by atoms with Crippen molar-refractivity contribution in [3.05, 3.63) is 29.8 Å². The summed E-state index contributed by atoms with van der Waals surface area (Å²) in [5, 5.41) is 13.5. The second kappa shape index (κ2) is 5.42. The van der Waals surface area contributed by atoms with Gasteiger partial charge >= 0.3 is 0 Å². The highest BCUT2D eigenvalue weighted by molar-refractivity contribution is 7.99. The minimum Gasteiger partial charge on any atom is -0.394 e. The molecule has 2 unspecified atom stereocenters. The maximum absolute atomic E-state index is 9.86. The molecule has 0 fully saturated rings. The number of rotatable bonds is 4. The Morgan fingerprint density at radius 3 is 2.94 bits per heavy atom. The molecule has 0 saturated carbocycles. The van der Waals surface area contributed by atoms with E-state index < -0.39 is 0 Å². The van der Waals surface area contributed by atoms with E-state index in [1.807, 2.05) is 11.8 Å². The molecule has 0 radical (unpaired) electrons. The van der Waals surface area contributed by atoms with E-state index in [1.54, 1.807) is 0 Å². The van der Waals surface area contributed by atoms with E-state index >= 15 is 0 Å². The maximum Gasteiger partial charge on any atom is 0.0690 e. The minimum atomic E-state index is -0.239. The van der Waals surface area contributed by atoms with Crippen molar-refractivity contribution in [2.75, 3.05) is 12.4 Å². The summed E-state index contributed by atoms with van der Waals surface area (Å²) >= 11 is 1.89. The molecule has 0 aromatic heterocycles. The first-order chi connectivity index (χ1) is 8.22. The monoisotopic (exact) mass is 251 g/mol. The first-order valence-corrected chi connectivity index (χ1v) is 7.31. The number of fused-ring (bicyclic) bond motifs is 1. The third-order valence-electron chi connectivity index (χ3n) is 3.59. The van der Waals surface area contributed by atoms with E-state index in [1.165, 1.54) is 10.5 Å². The van der Waals surface area contributed by atoms with Crippen molar-refractivity contribution in [3.8, 4) is 0 Å². The molecule has 0 spiro atoms. The molecule has 1 aromatic carbocycles. The van der Waals surface area contributed by atoms with E-state index in [2.05, 4.69) is 43.4 Å². The molecular formula is C14H21NOS. The molecule has 94 valence electrons. The second-order valence-corrected chi connectivity index (χ2v) is 5.93. The fourth-order valence-electron chi connectivity index (χ4n) is 2.39. The fourth-order valence-corrected chi connectivity index (χ4v) is 3.66. The molecule has 2 atom stereocenters. The van der Waals surface area contributed by atoms with Crippen molar-refractivity contribution in [1.82, 2.24) is 5.32 Å². The highest BCUT2D eigenvalue weighted by Crippen LogP contribution is 2.40. The first kappa shape index (κ1) is 12.9. The third-order valence-corrected chi connectivity index (χ3v) is 4.67. The van der Waals surface area contributed by atoms with E-state index in [0.29, 0.717) is 6.04 Å². The topological polar surface area (TPSA) is 32.3 Å². The van der Waals surface area contributed by atoms with Crippen LogP contribution < -0.4 is 5.32 Å². The first-order valence-electron chi connectivity index (χ1n) is 6.32. The lowest BCUT2D eigenvalue weighted by Crippen LogP contribution is -2.51. The number of nitrogens with one attached hydrogen (secondary N) is 1. The molecule has 0 bridgehead atoms. The molecular weight excluding hydrogens is 230 g/mol. The Balaban J connectivity index is 2.35. The van der Waals surface area contributed by atoms with Gasteiger partial charge in [0.05, 0.1) is 12.1 Å². The zero-order chi connectivity index (χ0) is 12.3. The normalized spacial score (nSPS) is 25.4. The summed E-state index contributed by atoms with van der Waals surface area (Å²) < 4.78 is 0. The van der Waals surface area contributed by atoms with Gasteiger partial charge in [-0.15, -0.1) is 11.8 Å². The number of benzene rings is 1. The summed E-state index contributed by atoms with van der Waals surface area (Å²) in [6, 6.07) is 8.86. The Labute approximate surface area is 108 Å². The number of hydrogen-bond donors (Lipinski definition) is 2. The van der Waals surface area contributed by atoms with Crippen molar-refractivity contribution in [1.29, 1.82) is 0 Å². The van der Waals surface area contributed by atoms with Crippen LogP contribution in [0.4, 0.5) is 0 Å². The van der Waals surface area contributed by atoms with Crippen LogP contribution in [0.2, 0.25) is 0 Å².